The molecule has 1 aliphatic rings. The minimum absolute atomic E-state index is 0.311. The van der Waals surface area contributed by atoms with Crippen molar-refractivity contribution in [3.63, 3.8) is 0 Å². The number of imidazole rings is 1. The topological polar surface area (TPSA) is 48.3 Å². The van der Waals surface area contributed by atoms with Gasteiger partial charge in [-0.2, -0.15) is 0 Å². The van der Waals surface area contributed by atoms with Gasteiger partial charge < -0.3 is 19.4 Å². The van der Waals surface area contributed by atoms with E-state index >= 15 is 0 Å². The van der Waals surface area contributed by atoms with Gasteiger partial charge in [0, 0.05) is 25.2 Å². The average Bonchev–Trinajstić information content (AvgIpc) is 3.33. The average molecular weight is 363 g/mol. The fourth-order valence-corrected chi connectivity index (χ4v) is 3.32. The lowest BCUT2D eigenvalue weighted by Gasteiger charge is -2.13. The Labute approximate surface area is 160 Å². The zero-order chi connectivity index (χ0) is 18.5. The molecule has 140 valence electrons. The minimum Gasteiger partial charge on any atom is -0.454 e. The van der Waals surface area contributed by atoms with Crippen molar-refractivity contribution < 1.29 is 9.47 Å². The van der Waals surface area contributed by atoms with Crippen LogP contribution in [0.4, 0.5) is 0 Å². The van der Waals surface area contributed by atoms with Crippen LogP contribution in [0.3, 0.4) is 0 Å². The van der Waals surface area contributed by atoms with Crippen LogP contribution < -0.4 is 14.8 Å². The summed E-state index contributed by atoms with van der Waals surface area (Å²) in [6.45, 7) is 5.07. The number of nitrogens with zero attached hydrogens (tertiary/aromatic N) is 2. The van der Waals surface area contributed by atoms with Gasteiger partial charge in [-0.05, 0) is 24.1 Å². The molecule has 0 fully saturated rings. The molecule has 0 aliphatic carbocycles. The van der Waals surface area contributed by atoms with Crippen LogP contribution in [0, 0.1) is 0 Å². The zero-order valence-electron chi connectivity index (χ0n) is 15.6. The third-order valence-corrected chi connectivity index (χ3v) is 4.78. The Morgan fingerprint density at radius 2 is 1.89 bits per heavy atom. The third kappa shape index (κ3) is 3.98. The molecular weight excluding hydrogens is 338 g/mol. The van der Waals surface area contributed by atoms with Crippen LogP contribution in [0.1, 0.15) is 31.0 Å². The summed E-state index contributed by atoms with van der Waals surface area (Å²) in [5.74, 6) is 2.70. The lowest BCUT2D eigenvalue weighted by Crippen LogP contribution is -2.16. The molecule has 2 aromatic carbocycles. The largest absolute Gasteiger partial charge is 0.454 e. The van der Waals surface area contributed by atoms with Crippen LogP contribution >= 0.6 is 0 Å². The molecule has 3 aromatic rings. The first-order valence-corrected chi connectivity index (χ1v) is 9.54. The molecule has 0 spiro atoms. The predicted molar refractivity (Wildman–Crippen MR) is 106 cm³/mol. The maximum Gasteiger partial charge on any atom is 0.231 e. The number of benzene rings is 2. The van der Waals surface area contributed by atoms with E-state index in [0.29, 0.717) is 6.79 Å². The number of aromatic nitrogens is 2. The first-order chi connectivity index (χ1) is 13.3. The van der Waals surface area contributed by atoms with Crippen LogP contribution in [0.2, 0.25) is 0 Å². The molecule has 2 heterocycles. The van der Waals surface area contributed by atoms with E-state index < -0.39 is 0 Å². The quantitative estimate of drug-likeness (QED) is 0.646. The van der Waals surface area contributed by atoms with E-state index in [9.17, 15) is 0 Å². The normalized spacial score (nSPS) is 12.5. The number of fused-ring (bicyclic) bond motifs is 1. The van der Waals surface area contributed by atoms with Gasteiger partial charge in [0.15, 0.2) is 11.5 Å². The van der Waals surface area contributed by atoms with Gasteiger partial charge in [-0.25, -0.2) is 4.98 Å². The molecule has 5 heteroatoms. The molecule has 1 aromatic heterocycles. The smallest absolute Gasteiger partial charge is 0.231 e. The summed E-state index contributed by atoms with van der Waals surface area (Å²) in [4.78, 5) is 4.70. The van der Waals surface area contributed by atoms with E-state index in [1.807, 2.05) is 24.4 Å². The molecule has 4 rings (SSSR count). The highest BCUT2D eigenvalue weighted by Crippen LogP contribution is 2.32. The number of hydrogen-bond donors (Lipinski definition) is 1. The van der Waals surface area contributed by atoms with Gasteiger partial charge in [-0.15, -0.1) is 0 Å². The Bertz CT molecular complexity index is 890. The Balaban J connectivity index is 1.46. The number of rotatable bonds is 8. The summed E-state index contributed by atoms with van der Waals surface area (Å²) in [5, 5.41) is 3.53. The predicted octanol–water partition coefficient (Wildman–Crippen LogP) is 4.37. The van der Waals surface area contributed by atoms with E-state index in [2.05, 4.69) is 47.1 Å². The van der Waals surface area contributed by atoms with Crippen LogP contribution in [-0.4, -0.2) is 16.3 Å². The van der Waals surface area contributed by atoms with Crippen molar-refractivity contribution >= 4 is 0 Å². The van der Waals surface area contributed by atoms with Gasteiger partial charge >= 0.3 is 0 Å². The molecule has 0 radical (unpaired) electrons. The Kier molecular flexibility index (Phi) is 5.39. The van der Waals surface area contributed by atoms with Crippen LogP contribution in [0.15, 0.2) is 54.7 Å². The van der Waals surface area contributed by atoms with Gasteiger partial charge in [-0.1, -0.05) is 49.7 Å². The van der Waals surface area contributed by atoms with Crippen LogP contribution in [-0.2, 0) is 19.6 Å². The molecule has 1 N–H and O–H groups in total. The molecule has 27 heavy (non-hydrogen) atoms. The fraction of sp³-hybridized carbons (Fsp3) is 0.318. The third-order valence-electron chi connectivity index (χ3n) is 4.78. The lowest BCUT2D eigenvalue weighted by atomic mass is 10.2. The van der Waals surface area contributed by atoms with E-state index in [1.165, 1.54) is 11.3 Å². The van der Waals surface area contributed by atoms with E-state index in [4.69, 9.17) is 14.5 Å². The van der Waals surface area contributed by atoms with Gasteiger partial charge in [0.1, 0.15) is 5.82 Å². The second-order valence-corrected chi connectivity index (χ2v) is 6.74. The fourth-order valence-electron chi connectivity index (χ4n) is 3.32. The highest BCUT2D eigenvalue weighted by atomic mass is 16.7. The number of unbranched alkanes of at least 4 members (excludes halogenated alkanes) is 1. The van der Waals surface area contributed by atoms with Crippen LogP contribution in [0.25, 0.3) is 11.4 Å². The summed E-state index contributed by atoms with van der Waals surface area (Å²) >= 11 is 0. The summed E-state index contributed by atoms with van der Waals surface area (Å²) in [7, 11) is 0. The zero-order valence-corrected chi connectivity index (χ0v) is 15.6. The molecule has 5 nitrogen and oxygen atoms in total. The van der Waals surface area contributed by atoms with Crippen molar-refractivity contribution in [1.82, 2.24) is 14.9 Å². The van der Waals surface area contributed by atoms with Crippen molar-refractivity contribution in [3.05, 3.63) is 66.0 Å². The van der Waals surface area contributed by atoms with Gasteiger partial charge in [-0.3, -0.25) is 0 Å². The van der Waals surface area contributed by atoms with E-state index in [-0.39, 0.29) is 0 Å². The van der Waals surface area contributed by atoms with E-state index in [1.54, 1.807) is 0 Å². The van der Waals surface area contributed by atoms with Crippen molar-refractivity contribution in [2.24, 2.45) is 0 Å². The number of ether oxygens (including phenoxy) is 2. The minimum atomic E-state index is 0.311. The molecule has 0 saturated carbocycles. The summed E-state index contributed by atoms with van der Waals surface area (Å²) in [6.07, 6.45) is 4.30. The second kappa shape index (κ2) is 8.27. The maximum atomic E-state index is 5.46. The SMILES string of the molecule is CCCCn1c(CNCc2ccc3c(c2)OCO3)cnc1-c1ccccc1. The number of hydrogen-bond acceptors (Lipinski definition) is 4. The van der Waals surface area contributed by atoms with Crippen LogP contribution in [0.5, 0.6) is 11.5 Å². The summed E-state index contributed by atoms with van der Waals surface area (Å²) in [5.41, 5.74) is 3.56. The highest BCUT2D eigenvalue weighted by molar-refractivity contribution is 5.55. The summed E-state index contributed by atoms with van der Waals surface area (Å²) < 4.78 is 13.2. The molecule has 0 unspecified atom stereocenters. The van der Waals surface area contributed by atoms with Gasteiger partial charge in [0.2, 0.25) is 6.79 Å². The number of nitrogens with one attached hydrogen (secondary N) is 1. The van der Waals surface area contributed by atoms with Crippen molar-refractivity contribution in [2.75, 3.05) is 6.79 Å². The second-order valence-electron chi connectivity index (χ2n) is 6.74. The molecule has 0 amide bonds. The molecular formula is C22H25N3O2. The van der Waals surface area contributed by atoms with Gasteiger partial charge in [0.25, 0.3) is 0 Å². The molecule has 0 saturated heterocycles. The molecule has 0 atom stereocenters. The van der Waals surface area contributed by atoms with Crippen molar-refractivity contribution in [3.8, 4) is 22.9 Å². The first-order valence-electron chi connectivity index (χ1n) is 9.54. The Hall–Kier alpha value is -2.79. The Morgan fingerprint density at radius 1 is 1.04 bits per heavy atom. The highest BCUT2D eigenvalue weighted by Gasteiger charge is 2.14. The first kappa shape index (κ1) is 17.6. The summed E-state index contributed by atoms with van der Waals surface area (Å²) in [6, 6.07) is 16.5. The van der Waals surface area contributed by atoms with Crippen molar-refractivity contribution in [2.45, 2.75) is 39.4 Å². The Morgan fingerprint density at radius 3 is 2.74 bits per heavy atom. The molecule has 1 aliphatic heterocycles. The van der Waals surface area contributed by atoms with E-state index in [0.717, 1.165) is 55.4 Å². The van der Waals surface area contributed by atoms with Crippen molar-refractivity contribution in [1.29, 1.82) is 0 Å². The molecule has 0 bridgehead atoms. The van der Waals surface area contributed by atoms with Gasteiger partial charge in [0.05, 0.1) is 11.9 Å². The standard InChI is InChI=1S/C22H25N3O2/c1-2-3-11-25-19(15-24-22(25)18-7-5-4-6-8-18)14-23-13-17-9-10-20-21(12-17)27-16-26-20/h4-10,12,15,23H,2-3,11,13-14,16H2,1H3. The monoisotopic (exact) mass is 363 g/mol. The lowest BCUT2D eigenvalue weighted by molar-refractivity contribution is 0.174. The maximum absolute atomic E-state index is 5.46.